The molecular weight excluding hydrogens is 386 g/mol. The number of anilines is 1. The van der Waals surface area contributed by atoms with E-state index in [0.29, 0.717) is 30.8 Å². The summed E-state index contributed by atoms with van der Waals surface area (Å²) in [4.78, 5) is 32.9. The third-order valence-corrected chi connectivity index (χ3v) is 5.36. The van der Waals surface area contributed by atoms with Crippen LogP contribution in [0.3, 0.4) is 0 Å². The number of nitrogens with one attached hydrogen (secondary N) is 2. The molecule has 0 atom stereocenters. The Morgan fingerprint density at radius 3 is 2.90 bits per heavy atom. The van der Waals surface area contributed by atoms with Gasteiger partial charge in [-0.1, -0.05) is 6.07 Å². The quantitative estimate of drug-likeness (QED) is 0.500. The van der Waals surface area contributed by atoms with Crippen LogP contribution in [0, 0.1) is 6.92 Å². The fourth-order valence-corrected chi connectivity index (χ4v) is 3.65. The molecule has 2 heterocycles. The lowest BCUT2D eigenvalue weighted by molar-refractivity contribution is -0.116. The number of carbonyl (C=O) groups is 2. The molecule has 0 aliphatic carbocycles. The second-order valence-corrected chi connectivity index (χ2v) is 7.72. The summed E-state index contributed by atoms with van der Waals surface area (Å²) in [5, 5.41) is 8.97. The molecule has 1 aromatic carbocycles. The molecule has 0 unspecified atom stereocenters. The van der Waals surface area contributed by atoms with Gasteiger partial charge in [0.15, 0.2) is 0 Å². The molecule has 152 valence electrons. The number of aromatic nitrogens is 3. The van der Waals surface area contributed by atoms with Gasteiger partial charge in [0.05, 0.1) is 11.3 Å². The summed E-state index contributed by atoms with van der Waals surface area (Å²) in [5.41, 5.74) is 2.22. The van der Waals surface area contributed by atoms with Crippen molar-refractivity contribution in [1.29, 1.82) is 0 Å². The number of hydrogen-bond donors (Lipinski definition) is 2. The molecule has 0 saturated heterocycles. The second-order valence-electron chi connectivity index (χ2n) is 6.78. The van der Waals surface area contributed by atoms with Crippen molar-refractivity contribution in [3.63, 3.8) is 0 Å². The molecule has 2 amide bonds. The summed E-state index contributed by atoms with van der Waals surface area (Å²) < 4.78 is 1.85. The van der Waals surface area contributed by atoms with Crippen LogP contribution in [0.25, 0.3) is 0 Å². The molecule has 3 rings (SSSR count). The first-order valence-electron chi connectivity index (χ1n) is 9.65. The van der Waals surface area contributed by atoms with Crippen molar-refractivity contribution in [3.05, 3.63) is 64.6 Å². The molecule has 0 aliphatic rings. The molecule has 8 heteroatoms. The molecule has 0 bridgehead atoms. The van der Waals surface area contributed by atoms with E-state index in [0.717, 1.165) is 30.0 Å². The predicted octanol–water partition coefficient (Wildman–Crippen LogP) is 3.43. The number of rotatable bonds is 10. The van der Waals surface area contributed by atoms with Crippen LogP contribution in [-0.2, 0) is 17.8 Å². The average Bonchev–Trinajstić information content (AvgIpc) is 3.38. The number of carbonyl (C=O) groups excluding carboxylic acids is 2. The molecule has 0 spiro atoms. The lowest BCUT2D eigenvalue weighted by Gasteiger charge is -2.09. The van der Waals surface area contributed by atoms with E-state index in [1.807, 2.05) is 17.7 Å². The highest BCUT2D eigenvalue weighted by atomic mass is 32.1. The van der Waals surface area contributed by atoms with E-state index in [-0.39, 0.29) is 11.8 Å². The van der Waals surface area contributed by atoms with Crippen molar-refractivity contribution in [2.24, 2.45) is 0 Å². The Morgan fingerprint density at radius 2 is 2.14 bits per heavy atom. The fourth-order valence-electron chi connectivity index (χ4n) is 2.83. The number of thiazole rings is 1. The summed E-state index contributed by atoms with van der Waals surface area (Å²) in [6.45, 7) is 3.17. The highest BCUT2D eigenvalue weighted by Crippen LogP contribution is 2.13. The number of aryl methyl sites for hydroxylation is 3. The molecular formula is C21H25N5O2S. The summed E-state index contributed by atoms with van der Waals surface area (Å²) in [5.74, 6) is -0.238. The third-order valence-electron chi connectivity index (χ3n) is 4.33. The summed E-state index contributed by atoms with van der Waals surface area (Å²) in [7, 11) is 0. The van der Waals surface area contributed by atoms with Gasteiger partial charge < -0.3 is 15.2 Å². The van der Waals surface area contributed by atoms with Crippen LogP contribution >= 0.6 is 11.3 Å². The first kappa shape index (κ1) is 20.7. The summed E-state index contributed by atoms with van der Waals surface area (Å²) in [6.07, 6.45) is 8.34. The SMILES string of the molecule is Cc1csc(CCCCNC(=O)c2cccc(NC(=O)CCn3ccnc3)c2)n1. The Labute approximate surface area is 174 Å². The first-order valence-corrected chi connectivity index (χ1v) is 10.5. The standard InChI is InChI=1S/C21H25N5O2S/c1-16-14-29-20(24-16)7-2-3-9-23-21(28)17-5-4-6-18(13-17)25-19(27)8-11-26-12-10-22-15-26/h4-6,10,12-15H,2-3,7-9,11H2,1H3,(H,23,28)(H,25,27). The minimum Gasteiger partial charge on any atom is -0.352 e. The molecule has 2 N–H and O–H groups in total. The normalized spacial score (nSPS) is 10.7. The van der Waals surface area contributed by atoms with Gasteiger partial charge in [-0.25, -0.2) is 9.97 Å². The molecule has 0 saturated carbocycles. The van der Waals surface area contributed by atoms with Gasteiger partial charge in [-0.15, -0.1) is 11.3 Å². The zero-order valence-corrected chi connectivity index (χ0v) is 17.2. The number of unbranched alkanes of at least 4 members (excludes halogenated alkanes) is 1. The van der Waals surface area contributed by atoms with Gasteiger partial charge in [-0.05, 0) is 44.4 Å². The van der Waals surface area contributed by atoms with Crippen molar-refractivity contribution in [2.45, 2.75) is 39.2 Å². The van der Waals surface area contributed by atoms with Gasteiger partial charge in [-0.3, -0.25) is 9.59 Å². The van der Waals surface area contributed by atoms with Crippen LogP contribution in [0.5, 0.6) is 0 Å². The van der Waals surface area contributed by atoms with Gasteiger partial charge in [0, 0.05) is 54.2 Å². The lowest BCUT2D eigenvalue weighted by atomic mass is 10.1. The van der Waals surface area contributed by atoms with Crippen molar-refractivity contribution in [2.75, 3.05) is 11.9 Å². The minimum atomic E-state index is -0.135. The van der Waals surface area contributed by atoms with E-state index in [4.69, 9.17) is 0 Å². The van der Waals surface area contributed by atoms with E-state index < -0.39 is 0 Å². The maximum Gasteiger partial charge on any atom is 0.251 e. The number of amides is 2. The van der Waals surface area contributed by atoms with E-state index in [1.165, 1.54) is 0 Å². The molecule has 3 aromatic rings. The zero-order chi connectivity index (χ0) is 20.5. The number of hydrogen-bond acceptors (Lipinski definition) is 5. The van der Waals surface area contributed by atoms with Gasteiger partial charge in [0.25, 0.3) is 5.91 Å². The largest absolute Gasteiger partial charge is 0.352 e. The summed E-state index contributed by atoms with van der Waals surface area (Å²) in [6, 6.07) is 6.99. The Morgan fingerprint density at radius 1 is 1.24 bits per heavy atom. The minimum absolute atomic E-state index is 0.103. The Bertz CT molecular complexity index is 936. The smallest absolute Gasteiger partial charge is 0.251 e. The van der Waals surface area contributed by atoms with Crippen LogP contribution in [0.4, 0.5) is 5.69 Å². The number of benzene rings is 1. The third kappa shape index (κ3) is 6.83. The molecule has 29 heavy (non-hydrogen) atoms. The fraction of sp³-hybridized carbons (Fsp3) is 0.333. The second kappa shape index (κ2) is 10.5. The van der Waals surface area contributed by atoms with Crippen molar-refractivity contribution in [3.8, 4) is 0 Å². The van der Waals surface area contributed by atoms with Gasteiger partial charge >= 0.3 is 0 Å². The summed E-state index contributed by atoms with van der Waals surface area (Å²) >= 11 is 1.68. The molecule has 0 radical (unpaired) electrons. The maximum atomic E-state index is 12.4. The lowest BCUT2D eigenvalue weighted by Crippen LogP contribution is -2.24. The Hall–Kier alpha value is -3.00. The first-order chi connectivity index (χ1) is 14.1. The van der Waals surface area contributed by atoms with Crippen LogP contribution in [0.2, 0.25) is 0 Å². The van der Waals surface area contributed by atoms with E-state index in [9.17, 15) is 9.59 Å². The zero-order valence-electron chi connectivity index (χ0n) is 16.4. The van der Waals surface area contributed by atoms with E-state index >= 15 is 0 Å². The molecule has 2 aromatic heterocycles. The van der Waals surface area contributed by atoms with Crippen molar-refractivity contribution >= 4 is 28.8 Å². The van der Waals surface area contributed by atoms with Gasteiger partial charge in [0.2, 0.25) is 5.91 Å². The molecule has 0 fully saturated rings. The highest BCUT2D eigenvalue weighted by molar-refractivity contribution is 7.09. The maximum absolute atomic E-state index is 12.4. The van der Waals surface area contributed by atoms with Crippen molar-refractivity contribution in [1.82, 2.24) is 19.9 Å². The Kier molecular flexibility index (Phi) is 7.52. The van der Waals surface area contributed by atoms with Crippen LogP contribution in [0.1, 0.15) is 40.3 Å². The number of imidazole rings is 1. The topological polar surface area (TPSA) is 88.9 Å². The number of nitrogens with zero attached hydrogens (tertiary/aromatic N) is 3. The van der Waals surface area contributed by atoms with Crippen LogP contribution in [-0.4, -0.2) is 32.9 Å². The average molecular weight is 412 g/mol. The highest BCUT2D eigenvalue weighted by Gasteiger charge is 2.08. The van der Waals surface area contributed by atoms with E-state index in [1.54, 1.807) is 48.1 Å². The predicted molar refractivity (Wildman–Crippen MR) is 114 cm³/mol. The molecule has 0 aliphatic heterocycles. The van der Waals surface area contributed by atoms with Gasteiger partial charge in [-0.2, -0.15) is 0 Å². The van der Waals surface area contributed by atoms with Crippen molar-refractivity contribution < 1.29 is 9.59 Å². The van der Waals surface area contributed by atoms with Crippen LogP contribution < -0.4 is 10.6 Å². The molecule has 7 nitrogen and oxygen atoms in total. The Balaban J connectivity index is 1.39. The van der Waals surface area contributed by atoms with Gasteiger partial charge in [0.1, 0.15) is 0 Å². The monoisotopic (exact) mass is 411 g/mol. The van der Waals surface area contributed by atoms with Crippen LogP contribution in [0.15, 0.2) is 48.4 Å². The van der Waals surface area contributed by atoms with E-state index in [2.05, 4.69) is 26.0 Å².